The van der Waals surface area contributed by atoms with Crippen LogP contribution in [-0.2, 0) is 0 Å². The Bertz CT molecular complexity index is 214. The molecule has 1 aliphatic rings. The maximum absolute atomic E-state index is 2.30. The quantitative estimate of drug-likeness (QED) is 0.562. The standard InChI is InChI=1S/C11H16/c1-9(2)4-6-11-7-5-10(3)8-11/h5-9H,4H2,1-3H3. The van der Waals surface area contributed by atoms with E-state index in [0.717, 1.165) is 5.92 Å². The highest BCUT2D eigenvalue weighted by Crippen LogP contribution is 2.15. The Morgan fingerprint density at radius 1 is 1.36 bits per heavy atom. The van der Waals surface area contributed by atoms with Crippen molar-refractivity contribution in [1.29, 1.82) is 0 Å². The van der Waals surface area contributed by atoms with Gasteiger partial charge >= 0.3 is 0 Å². The van der Waals surface area contributed by atoms with Gasteiger partial charge in [0.25, 0.3) is 0 Å². The molecule has 0 fully saturated rings. The highest BCUT2D eigenvalue weighted by atomic mass is 14.0. The van der Waals surface area contributed by atoms with Gasteiger partial charge in [-0.1, -0.05) is 43.7 Å². The minimum absolute atomic E-state index is 0.769. The van der Waals surface area contributed by atoms with E-state index in [4.69, 9.17) is 0 Å². The van der Waals surface area contributed by atoms with Gasteiger partial charge in [0.2, 0.25) is 0 Å². The van der Waals surface area contributed by atoms with Crippen molar-refractivity contribution in [1.82, 2.24) is 0 Å². The third-order valence-electron chi connectivity index (χ3n) is 1.76. The van der Waals surface area contributed by atoms with E-state index in [1.165, 1.54) is 17.6 Å². The Balaban J connectivity index is 2.50. The molecule has 0 aromatic rings. The Morgan fingerprint density at radius 2 is 2.09 bits per heavy atom. The van der Waals surface area contributed by atoms with Crippen LogP contribution in [0.4, 0.5) is 0 Å². The molecule has 0 aromatic carbocycles. The van der Waals surface area contributed by atoms with E-state index < -0.39 is 0 Å². The average Bonchev–Trinajstić information content (AvgIpc) is 2.31. The first-order valence-corrected chi connectivity index (χ1v) is 4.25. The SMILES string of the molecule is CC1=CC(=CCC(C)C)C=C1. The minimum atomic E-state index is 0.769. The molecule has 0 amide bonds. The van der Waals surface area contributed by atoms with Crippen LogP contribution in [0.3, 0.4) is 0 Å². The maximum atomic E-state index is 2.30. The van der Waals surface area contributed by atoms with Crippen LogP contribution in [0, 0.1) is 5.92 Å². The van der Waals surface area contributed by atoms with Crippen molar-refractivity contribution in [3.63, 3.8) is 0 Å². The summed E-state index contributed by atoms with van der Waals surface area (Å²) in [5.41, 5.74) is 2.73. The maximum Gasteiger partial charge on any atom is -0.0294 e. The third kappa shape index (κ3) is 2.75. The molecule has 0 atom stereocenters. The van der Waals surface area contributed by atoms with Gasteiger partial charge in [0, 0.05) is 0 Å². The Labute approximate surface area is 69.3 Å². The number of rotatable bonds is 2. The Hall–Kier alpha value is -0.780. The molecule has 0 spiro atoms. The zero-order valence-electron chi connectivity index (χ0n) is 7.59. The number of hydrogen-bond acceptors (Lipinski definition) is 0. The summed E-state index contributed by atoms with van der Waals surface area (Å²) in [6, 6.07) is 0. The van der Waals surface area contributed by atoms with Crippen molar-refractivity contribution < 1.29 is 0 Å². The van der Waals surface area contributed by atoms with Crippen LogP contribution in [0.15, 0.2) is 35.5 Å². The first-order valence-electron chi connectivity index (χ1n) is 4.25. The van der Waals surface area contributed by atoms with E-state index in [9.17, 15) is 0 Å². The fraction of sp³-hybridized carbons (Fsp3) is 0.455. The first-order chi connectivity index (χ1) is 5.18. The van der Waals surface area contributed by atoms with Crippen molar-refractivity contribution in [3.05, 3.63) is 35.5 Å². The van der Waals surface area contributed by atoms with Crippen LogP contribution in [0.5, 0.6) is 0 Å². The molecular formula is C11H16. The van der Waals surface area contributed by atoms with Gasteiger partial charge < -0.3 is 0 Å². The highest BCUT2D eigenvalue weighted by Gasteiger charge is 1.96. The topological polar surface area (TPSA) is 0 Å². The molecule has 11 heavy (non-hydrogen) atoms. The monoisotopic (exact) mass is 148 g/mol. The van der Waals surface area contributed by atoms with Crippen molar-refractivity contribution in [2.75, 3.05) is 0 Å². The van der Waals surface area contributed by atoms with Gasteiger partial charge in [-0.15, -0.1) is 0 Å². The van der Waals surface area contributed by atoms with Gasteiger partial charge in [0.05, 0.1) is 0 Å². The molecule has 0 heteroatoms. The van der Waals surface area contributed by atoms with Crippen LogP contribution in [-0.4, -0.2) is 0 Å². The van der Waals surface area contributed by atoms with Gasteiger partial charge in [-0.05, 0) is 24.8 Å². The lowest BCUT2D eigenvalue weighted by atomic mass is 10.1. The number of allylic oxidation sites excluding steroid dienone is 6. The van der Waals surface area contributed by atoms with E-state index in [1.54, 1.807) is 0 Å². The fourth-order valence-corrected chi connectivity index (χ4v) is 1.09. The molecule has 0 saturated heterocycles. The fourth-order valence-electron chi connectivity index (χ4n) is 1.09. The van der Waals surface area contributed by atoms with E-state index >= 15 is 0 Å². The van der Waals surface area contributed by atoms with Crippen LogP contribution in [0.2, 0.25) is 0 Å². The Kier molecular flexibility index (Phi) is 2.70. The third-order valence-corrected chi connectivity index (χ3v) is 1.76. The predicted octanol–water partition coefficient (Wildman–Crippen LogP) is 3.48. The molecule has 60 valence electrons. The van der Waals surface area contributed by atoms with E-state index in [0.29, 0.717) is 0 Å². The molecule has 0 nitrogen and oxygen atoms in total. The second-order valence-corrected chi connectivity index (χ2v) is 3.56. The first kappa shape index (κ1) is 8.32. The van der Waals surface area contributed by atoms with E-state index in [1.807, 2.05) is 0 Å². The average molecular weight is 148 g/mol. The smallest absolute Gasteiger partial charge is 0.0294 e. The van der Waals surface area contributed by atoms with Crippen molar-refractivity contribution in [2.24, 2.45) is 5.92 Å². The van der Waals surface area contributed by atoms with Crippen molar-refractivity contribution in [2.45, 2.75) is 27.2 Å². The largest absolute Gasteiger partial charge is 0.0770 e. The molecule has 0 bridgehead atoms. The highest BCUT2D eigenvalue weighted by molar-refractivity contribution is 5.44. The van der Waals surface area contributed by atoms with Crippen LogP contribution < -0.4 is 0 Å². The summed E-state index contributed by atoms with van der Waals surface area (Å²) >= 11 is 0. The van der Waals surface area contributed by atoms with Crippen LogP contribution >= 0.6 is 0 Å². The molecule has 0 aromatic heterocycles. The van der Waals surface area contributed by atoms with Gasteiger partial charge in [-0.2, -0.15) is 0 Å². The summed E-state index contributed by atoms with van der Waals surface area (Å²) in [4.78, 5) is 0. The van der Waals surface area contributed by atoms with Gasteiger partial charge in [-0.3, -0.25) is 0 Å². The zero-order valence-corrected chi connectivity index (χ0v) is 7.59. The molecule has 1 rings (SSSR count). The molecule has 0 unspecified atom stereocenters. The molecule has 0 heterocycles. The molecule has 1 aliphatic carbocycles. The van der Waals surface area contributed by atoms with Gasteiger partial charge in [0.15, 0.2) is 0 Å². The molecule has 0 radical (unpaired) electrons. The van der Waals surface area contributed by atoms with E-state index in [-0.39, 0.29) is 0 Å². The molecule has 0 N–H and O–H groups in total. The predicted molar refractivity (Wildman–Crippen MR) is 50.4 cm³/mol. The molecule has 0 aliphatic heterocycles. The summed E-state index contributed by atoms with van der Waals surface area (Å²) < 4.78 is 0. The second-order valence-electron chi connectivity index (χ2n) is 3.56. The summed E-state index contributed by atoms with van der Waals surface area (Å²) in [5.74, 6) is 0.769. The van der Waals surface area contributed by atoms with Crippen molar-refractivity contribution in [3.8, 4) is 0 Å². The lowest BCUT2D eigenvalue weighted by molar-refractivity contribution is 0.663. The van der Waals surface area contributed by atoms with E-state index in [2.05, 4.69) is 45.1 Å². The summed E-state index contributed by atoms with van der Waals surface area (Å²) in [7, 11) is 0. The van der Waals surface area contributed by atoms with Crippen molar-refractivity contribution >= 4 is 0 Å². The summed E-state index contributed by atoms with van der Waals surface area (Å²) in [5, 5.41) is 0. The van der Waals surface area contributed by atoms with Crippen LogP contribution in [0.1, 0.15) is 27.2 Å². The van der Waals surface area contributed by atoms with Gasteiger partial charge in [-0.25, -0.2) is 0 Å². The summed E-state index contributed by atoms with van der Waals surface area (Å²) in [6.45, 7) is 6.62. The lowest BCUT2D eigenvalue weighted by Crippen LogP contribution is -1.82. The normalized spacial score (nSPS) is 20.0. The Morgan fingerprint density at radius 3 is 2.55 bits per heavy atom. The van der Waals surface area contributed by atoms with Gasteiger partial charge in [0.1, 0.15) is 0 Å². The minimum Gasteiger partial charge on any atom is -0.0770 e. The number of hydrogen-bond donors (Lipinski definition) is 0. The second kappa shape index (κ2) is 3.56. The van der Waals surface area contributed by atoms with Crippen LogP contribution in [0.25, 0.3) is 0 Å². The zero-order chi connectivity index (χ0) is 8.27. The molecular weight excluding hydrogens is 132 g/mol. The molecule has 0 saturated carbocycles. The lowest BCUT2D eigenvalue weighted by Gasteiger charge is -1.97. The summed E-state index contributed by atoms with van der Waals surface area (Å²) in [6.07, 6.45) is 10.0.